The van der Waals surface area contributed by atoms with Crippen molar-refractivity contribution in [2.75, 3.05) is 20.1 Å². The van der Waals surface area contributed by atoms with Crippen molar-refractivity contribution in [3.63, 3.8) is 0 Å². The minimum Gasteiger partial charge on any atom is -0.356 e. The Morgan fingerprint density at radius 3 is 2.62 bits per heavy atom. The second-order valence-electron chi connectivity index (χ2n) is 4.84. The molecule has 2 N–H and O–H groups in total. The van der Waals surface area contributed by atoms with E-state index in [1.807, 2.05) is 12.1 Å². The van der Waals surface area contributed by atoms with Gasteiger partial charge in [-0.25, -0.2) is 0 Å². The quantitative estimate of drug-likeness (QED) is 0.453. The first kappa shape index (κ1) is 18.1. The molecule has 1 aromatic carbocycles. The highest BCUT2D eigenvalue weighted by molar-refractivity contribution is 14.0. The first-order valence-corrected chi connectivity index (χ1v) is 6.58. The first-order chi connectivity index (χ1) is 9.49. The Morgan fingerprint density at radius 2 is 2.00 bits per heavy atom. The molecule has 3 nitrogen and oxygen atoms in total. The summed E-state index contributed by atoms with van der Waals surface area (Å²) in [5.41, 5.74) is 2.66. The molecular weight excluding hydrogens is 394 g/mol. The Bertz CT molecular complexity index is 489. The zero-order chi connectivity index (χ0) is 14.6. The fraction of sp³-hybridized carbons (Fsp3) is 0.500. The number of halogens is 4. The molecule has 0 saturated carbocycles. The molecule has 0 aliphatic heterocycles. The van der Waals surface area contributed by atoms with Crippen LogP contribution < -0.4 is 10.6 Å². The third kappa shape index (κ3) is 5.37. The van der Waals surface area contributed by atoms with E-state index in [4.69, 9.17) is 0 Å². The third-order valence-electron chi connectivity index (χ3n) is 3.40. The smallest absolute Gasteiger partial charge is 0.356 e. The van der Waals surface area contributed by atoms with Crippen molar-refractivity contribution >= 4 is 29.9 Å². The van der Waals surface area contributed by atoms with Crippen LogP contribution in [0.2, 0.25) is 0 Å². The molecular formula is C14H19F3IN3. The number of guanidine groups is 1. The zero-order valence-electron chi connectivity index (χ0n) is 11.7. The summed E-state index contributed by atoms with van der Waals surface area (Å²) in [4.78, 5) is 3.92. The number of nitrogens with zero attached hydrogens (tertiary/aromatic N) is 1. The van der Waals surface area contributed by atoms with Crippen LogP contribution in [-0.2, 0) is 6.42 Å². The lowest BCUT2D eigenvalue weighted by molar-refractivity contribution is -0.132. The van der Waals surface area contributed by atoms with Gasteiger partial charge < -0.3 is 10.6 Å². The first-order valence-electron chi connectivity index (χ1n) is 6.58. The summed E-state index contributed by atoms with van der Waals surface area (Å²) in [5, 5.41) is 5.74. The van der Waals surface area contributed by atoms with Crippen LogP contribution in [0.15, 0.2) is 29.3 Å². The standard InChI is InChI=1S/C14H18F3N3.HI/c1-18-13(19-7-6-14(15,16)17)20-9-11-8-10-4-2-3-5-12(10)11;/h2-5,11H,6-9H2,1H3,(H2,18,19,20);1H. The summed E-state index contributed by atoms with van der Waals surface area (Å²) in [6.45, 7) is 0.521. The second kappa shape index (κ2) is 7.86. The molecule has 1 atom stereocenters. The van der Waals surface area contributed by atoms with Gasteiger partial charge in [-0.1, -0.05) is 24.3 Å². The average molecular weight is 413 g/mol. The summed E-state index contributed by atoms with van der Waals surface area (Å²) in [6, 6.07) is 8.20. The lowest BCUT2D eigenvalue weighted by Gasteiger charge is -2.30. The van der Waals surface area contributed by atoms with Crippen molar-refractivity contribution in [3.05, 3.63) is 35.4 Å². The molecule has 1 aliphatic rings. The molecule has 21 heavy (non-hydrogen) atoms. The van der Waals surface area contributed by atoms with Gasteiger partial charge in [0, 0.05) is 26.1 Å². The van der Waals surface area contributed by atoms with E-state index >= 15 is 0 Å². The van der Waals surface area contributed by atoms with E-state index in [1.165, 1.54) is 11.1 Å². The van der Waals surface area contributed by atoms with E-state index < -0.39 is 12.6 Å². The van der Waals surface area contributed by atoms with Gasteiger partial charge in [-0.2, -0.15) is 13.2 Å². The third-order valence-corrected chi connectivity index (χ3v) is 3.40. The lowest BCUT2D eigenvalue weighted by atomic mass is 9.78. The van der Waals surface area contributed by atoms with Crippen molar-refractivity contribution in [1.29, 1.82) is 0 Å². The van der Waals surface area contributed by atoms with Crippen molar-refractivity contribution in [3.8, 4) is 0 Å². The van der Waals surface area contributed by atoms with Crippen LogP contribution >= 0.6 is 24.0 Å². The molecule has 0 spiro atoms. The van der Waals surface area contributed by atoms with Gasteiger partial charge in [-0.3, -0.25) is 4.99 Å². The summed E-state index contributed by atoms with van der Waals surface area (Å²) in [7, 11) is 1.55. The summed E-state index contributed by atoms with van der Waals surface area (Å²) in [6.07, 6.45) is -4.00. The van der Waals surface area contributed by atoms with Crippen LogP contribution in [0.25, 0.3) is 0 Å². The van der Waals surface area contributed by atoms with Gasteiger partial charge in [0.25, 0.3) is 0 Å². The maximum Gasteiger partial charge on any atom is 0.390 e. The van der Waals surface area contributed by atoms with Crippen molar-refractivity contribution in [2.24, 2.45) is 4.99 Å². The summed E-state index contributed by atoms with van der Waals surface area (Å²) >= 11 is 0. The molecule has 2 rings (SSSR count). The summed E-state index contributed by atoms with van der Waals surface area (Å²) < 4.78 is 36.2. The minimum absolute atomic E-state index is 0. The molecule has 1 aliphatic carbocycles. The van der Waals surface area contributed by atoms with Gasteiger partial charge in [0.05, 0.1) is 6.42 Å². The SMILES string of the molecule is CN=C(NCCC(F)(F)F)NCC1Cc2ccccc21.I. The fourth-order valence-electron chi connectivity index (χ4n) is 2.31. The number of rotatable bonds is 4. The Kier molecular flexibility index (Phi) is 6.76. The molecule has 7 heteroatoms. The van der Waals surface area contributed by atoms with Crippen molar-refractivity contribution in [1.82, 2.24) is 10.6 Å². The fourth-order valence-corrected chi connectivity index (χ4v) is 2.31. The number of hydrogen-bond donors (Lipinski definition) is 2. The predicted molar refractivity (Wildman–Crippen MR) is 88.3 cm³/mol. The number of fused-ring (bicyclic) bond motifs is 1. The molecule has 0 saturated heterocycles. The van der Waals surface area contributed by atoms with Crippen LogP contribution in [0.1, 0.15) is 23.5 Å². The van der Waals surface area contributed by atoms with Gasteiger partial charge in [0.15, 0.2) is 5.96 Å². The number of hydrogen-bond acceptors (Lipinski definition) is 1. The number of aliphatic imine (C=N–C) groups is 1. The van der Waals surface area contributed by atoms with Crippen molar-refractivity contribution in [2.45, 2.75) is 24.9 Å². The average Bonchev–Trinajstić information content (AvgIpc) is 2.36. The largest absolute Gasteiger partial charge is 0.390 e. The van der Waals surface area contributed by atoms with Crippen LogP contribution in [0.3, 0.4) is 0 Å². The van der Waals surface area contributed by atoms with Gasteiger partial charge in [0.1, 0.15) is 0 Å². The number of nitrogens with one attached hydrogen (secondary N) is 2. The highest BCUT2D eigenvalue weighted by atomic mass is 127. The van der Waals surface area contributed by atoms with E-state index in [-0.39, 0.29) is 30.5 Å². The highest BCUT2D eigenvalue weighted by Crippen LogP contribution is 2.33. The van der Waals surface area contributed by atoms with E-state index in [2.05, 4.69) is 27.8 Å². The second-order valence-corrected chi connectivity index (χ2v) is 4.84. The van der Waals surface area contributed by atoms with Gasteiger partial charge in [0.2, 0.25) is 0 Å². The molecule has 0 bridgehead atoms. The maximum absolute atomic E-state index is 12.1. The Balaban J connectivity index is 0.00000220. The Labute approximate surface area is 139 Å². The van der Waals surface area contributed by atoms with E-state index in [0.717, 1.165) is 6.42 Å². The van der Waals surface area contributed by atoms with Gasteiger partial charge in [-0.15, -0.1) is 24.0 Å². The topological polar surface area (TPSA) is 36.4 Å². The number of benzene rings is 1. The zero-order valence-corrected chi connectivity index (χ0v) is 14.0. The van der Waals surface area contributed by atoms with E-state index in [9.17, 15) is 13.2 Å². The van der Waals surface area contributed by atoms with Gasteiger partial charge in [-0.05, 0) is 17.5 Å². The molecule has 0 fully saturated rings. The molecule has 1 aromatic rings. The molecule has 0 aromatic heterocycles. The number of alkyl halides is 3. The van der Waals surface area contributed by atoms with Crippen LogP contribution in [-0.4, -0.2) is 32.3 Å². The van der Waals surface area contributed by atoms with E-state index in [1.54, 1.807) is 7.05 Å². The highest BCUT2D eigenvalue weighted by Gasteiger charge is 2.27. The van der Waals surface area contributed by atoms with Crippen LogP contribution in [0.5, 0.6) is 0 Å². The Morgan fingerprint density at radius 1 is 1.29 bits per heavy atom. The monoisotopic (exact) mass is 413 g/mol. The van der Waals surface area contributed by atoms with Crippen molar-refractivity contribution < 1.29 is 13.2 Å². The molecule has 0 heterocycles. The van der Waals surface area contributed by atoms with Gasteiger partial charge >= 0.3 is 6.18 Å². The minimum atomic E-state index is -4.14. The normalized spacial score (nSPS) is 17.3. The predicted octanol–water partition coefficient (Wildman–Crippen LogP) is 3.06. The van der Waals surface area contributed by atoms with E-state index in [0.29, 0.717) is 18.4 Å². The summed E-state index contributed by atoms with van der Waals surface area (Å²) in [5.74, 6) is 0.825. The molecule has 1 unspecified atom stereocenters. The molecule has 118 valence electrons. The maximum atomic E-state index is 12.1. The molecule has 0 radical (unpaired) electrons. The Hall–Kier alpha value is -0.990. The molecule has 0 amide bonds. The lowest BCUT2D eigenvalue weighted by Crippen LogP contribution is -2.42. The van der Waals surface area contributed by atoms with Crippen LogP contribution in [0, 0.1) is 0 Å². The van der Waals surface area contributed by atoms with Crippen LogP contribution in [0.4, 0.5) is 13.2 Å².